The molecule has 3 nitrogen and oxygen atoms in total. The van der Waals surface area contributed by atoms with Crippen molar-refractivity contribution in [2.24, 2.45) is 0 Å². The molecule has 2 aliphatic heterocycles. The van der Waals surface area contributed by atoms with E-state index in [4.69, 9.17) is 0 Å². The summed E-state index contributed by atoms with van der Waals surface area (Å²) in [5.74, 6) is -0.138. The van der Waals surface area contributed by atoms with Crippen LogP contribution in [0.4, 0.5) is 4.39 Å². The molecular weight excluding hydrogens is 279 g/mol. The maximum atomic E-state index is 13.5. The van der Waals surface area contributed by atoms with Gasteiger partial charge in [-0.2, -0.15) is 0 Å². The highest BCUT2D eigenvalue weighted by atomic mass is 35.5. The third-order valence-electron chi connectivity index (χ3n) is 4.50. The monoisotopic (exact) mass is 298 g/mol. The summed E-state index contributed by atoms with van der Waals surface area (Å²) in [4.78, 5) is 13.6. The van der Waals surface area contributed by atoms with Crippen molar-refractivity contribution in [1.29, 1.82) is 0 Å². The molecule has 0 unspecified atom stereocenters. The minimum atomic E-state index is -0.215. The van der Waals surface area contributed by atoms with Gasteiger partial charge in [-0.25, -0.2) is 4.39 Å². The van der Waals surface area contributed by atoms with E-state index in [9.17, 15) is 9.18 Å². The Bertz CT molecular complexity index is 515. The summed E-state index contributed by atoms with van der Waals surface area (Å²) < 4.78 is 13.5. The maximum absolute atomic E-state index is 13.5. The van der Waals surface area contributed by atoms with Gasteiger partial charge in [-0.05, 0) is 49.2 Å². The molecule has 1 amide bonds. The zero-order valence-electron chi connectivity index (χ0n) is 11.6. The summed E-state index contributed by atoms with van der Waals surface area (Å²) in [5.41, 5.74) is 2.23. The molecule has 1 saturated heterocycles. The van der Waals surface area contributed by atoms with Crippen molar-refractivity contribution in [2.75, 3.05) is 19.6 Å². The second-order valence-electron chi connectivity index (χ2n) is 5.71. The Morgan fingerprint density at radius 1 is 1.35 bits per heavy atom. The Morgan fingerprint density at radius 2 is 2.05 bits per heavy atom. The first-order valence-corrected chi connectivity index (χ1v) is 6.86. The smallest absolute Gasteiger partial charge is 0.219 e. The predicted octanol–water partition coefficient (Wildman–Crippen LogP) is 2.23. The van der Waals surface area contributed by atoms with Gasteiger partial charge in [0.1, 0.15) is 5.82 Å². The fraction of sp³-hybridized carbons (Fsp3) is 0.533. The lowest BCUT2D eigenvalue weighted by Crippen LogP contribution is -2.52. The molecule has 0 saturated carbocycles. The van der Waals surface area contributed by atoms with Crippen molar-refractivity contribution < 1.29 is 9.18 Å². The number of carbonyl (C=O) groups excluding carboxylic acids is 1. The molecule has 0 radical (unpaired) electrons. The van der Waals surface area contributed by atoms with Crippen LogP contribution in [0.2, 0.25) is 0 Å². The summed E-state index contributed by atoms with van der Waals surface area (Å²) in [6.45, 7) is 4.82. The number of piperidine rings is 1. The molecule has 0 aromatic heterocycles. The van der Waals surface area contributed by atoms with Gasteiger partial charge in [0.2, 0.25) is 5.91 Å². The lowest BCUT2D eigenvalue weighted by atomic mass is 9.69. The van der Waals surface area contributed by atoms with Crippen LogP contribution in [0.3, 0.4) is 0 Å². The van der Waals surface area contributed by atoms with Gasteiger partial charge in [0.25, 0.3) is 0 Å². The van der Waals surface area contributed by atoms with Crippen LogP contribution in [-0.2, 0) is 16.8 Å². The average Bonchev–Trinajstić information content (AvgIpc) is 2.39. The fourth-order valence-electron chi connectivity index (χ4n) is 3.48. The SMILES string of the molecule is CC(=O)N1Cc2cc(F)ccc2C2(CCNCC2)C1.Cl. The lowest BCUT2D eigenvalue weighted by molar-refractivity contribution is -0.131. The third-order valence-corrected chi connectivity index (χ3v) is 4.50. The van der Waals surface area contributed by atoms with Gasteiger partial charge in [0, 0.05) is 25.4 Å². The molecule has 1 N–H and O–H groups in total. The summed E-state index contributed by atoms with van der Waals surface area (Å²) in [5, 5.41) is 3.37. The van der Waals surface area contributed by atoms with Gasteiger partial charge < -0.3 is 10.2 Å². The fourth-order valence-corrected chi connectivity index (χ4v) is 3.48. The van der Waals surface area contributed by atoms with Crippen molar-refractivity contribution in [1.82, 2.24) is 10.2 Å². The summed E-state index contributed by atoms with van der Waals surface area (Å²) >= 11 is 0. The number of carbonyl (C=O) groups is 1. The Balaban J connectivity index is 0.00000147. The minimum Gasteiger partial charge on any atom is -0.338 e. The summed E-state index contributed by atoms with van der Waals surface area (Å²) in [6.07, 6.45) is 2.02. The van der Waals surface area contributed by atoms with E-state index >= 15 is 0 Å². The first-order valence-electron chi connectivity index (χ1n) is 6.86. The van der Waals surface area contributed by atoms with Crippen molar-refractivity contribution in [3.05, 3.63) is 35.1 Å². The summed E-state index contributed by atoms with van der Waals surface area (Å²) in [7, 11) is 0. The number of nitrogens with zero attached hydrogens (tertiary/aromatic N) is 1. The average molecular weight is 299 g/mol. The number of fused-ring (bicyclic) bond motifs is 2. The molecule has 0 aliphatic carbocycles. The number of hydrogen-bond donors (Lipinski definition) is 1. The van der Waals surface area contributed by atoms with Crippen LogP contribution in [0.15, 0.2) is 18.2 Å². The molecule has 2 heterocycles. The van der Waals surface area contributed by atoms with Crippen LogP contribution < -0.4 is 5.32 Å². The zero-order valence-corrected chi connectivity index (χ0v) is 12.4. The van der Waals surface area contributed by atoms with Gasteiger partial charge >= 0.3 is 0 Å². The largest absolute Gasteiger partial charge is 0.338 e. The number of nitrogens with one attached hydrogen (secondary N) is 1. The van der Waals surface area contributed by atoms with Crippen LogP contribution in [-0.4, -0.2) is 30.4 Å². The highest BCUT2D eigenvalue weighted by molar-refractivity contribution is 5.85. The van der Waals surface area contributed by atoms with E-state index in [-0.39, 0.29) is 29.5 Å². The van der Waals surface area contributed by atoms with E-state index < -0.39 is 0 Å². The van der Waals surface area contributed by atoms with Crippen LogP contribution in [0.1, 0.15) is 30.9 Å². The second kappa shape index (κ2) is 5.70. The number of hydrogen-bond acceptors (Lipinski definition) is 2. The standard InChI is InChI=1S/C15H19FN2O.ClH/c1-11(19)18-9-12-8-13(16)2-3-14(12)15(10-18)4-6-17-7-5-15;/h2-3,8,17H,4-7,9-10H2,1H3;1H. The molecule has 3 rings (SSSR count). The van der Waals surface area contributed by atoms with Gasteiger partial charge in [-0.1, -0.05) is 6.07 Å². The molecule has 0 atom stereocenters. The molecule has 110 valence electrons. The highest BCUT2D eigenvalue weighted by Gasteiger charge is 2.41. The van der Waals surface area contributed by atoms with Crippen LogP contribution >= 0.6 is 12.4 Å². The lowest BCUT2D eigenvalue weighted by Gasteiger charge is -2.46. The molecular formula is C15H20ClFN2O. The number of amides is 1. The first-order chi connectivity index (χ1) is 9.11. The third kappa shape index (κ3) is 2.54. The second-order valence-corrected chi connectivity index (χ2v) is 5.71. The summed E-state index contributed by atoms with van der Waals surface area (Å²) in [6, 6.07) is 5.06. The van der Waals surface area contributed by atoms with E-state index in [0.717, 1.165) is 38.0 Å². The molecule has 5 heteroatoms. The topological polar surface area (TPSA) is 32.3 Å². The van der Waals surface area contributed by atoms with E-state index in [1.807, 2.05) is 11.0 Å². The van der Waals surface area contributed by atoms with Crippen molar-refractivity contribution in [2.45, 2.75) is 31.7 Å². The Kier molecular flexibility index (Phi) is 4.35. The van der Waals surface area contributed by atoms with E-state index in [1.54, 1.807) is 19.1 Å². The Morgan fingerprint density at radius 3 is 2.70 bits per heavy atom. The molecule has 2 aliphatic rings. The van der Waals surface area contributed by atoms with Crippen LogP contribution in [0, 0.1) is 5.82 Å². The zero-order chi connectivity index (χ0) is 13.5. The van der Waals surface area contributed by atoms with Crippen LogP contribution in [0.25, 0.3) is 0 Å². The maximum Gasteiger partial charge on any atom is 0.219 e. The molecule has 1 spiro atoms. The minimum absolute atomic E-state index is 0. The molecule has 1 fully saturated rings. The number of rotatable bonds is 0. The van der Waals surface area contributed by atoms with Crippen molar-refractivity contribution in [3.8, 4) is 0 Å². The first kappa shape index (κ1) is 15.3. The molecule has 20 heavy (non-hydrogen) atoms. The molecule has 0 bridgehead atoms. The molecule has 1 aromatic rings. The number of halogens is 2. The Hall–Kier alpha value is -1.13. The van der Waals surface area contributed by atoms with Crippen LogP contribution in [0.5, 0.6) is 0 Å². The Labute approximate surface area is 124 Å². The quantitative estimate of drug-likeness (QED) is 0.797. The van der Waals surface area contributed by atoms with E-state index in [0.29, 0.717) is 6.54 Å². The van der Waals surface area contributed by atoms with E-state index in [1.165, 1.54) is 5.56 Å². The van der Waals surface area contributed by atoms with Crippen molar-refractivity contribution >= 4 is 18.3 Å². The normalized spacial score (nSPS) is 20.2. The van der Waals surface area contributed by atoms with Gasteiger partial charge in [0.15, 0.2) is 0 Å². The van der Waals surface area contributed by atoms with Gasteiger partial charge in [0.05, 0.1) is 0 Å². The van der Waals surface area contributed by atoms with Gasteiger partial charge in [-0.3, -0.25) is 4.79 Å². The molecule has 1 aromatic carbocycles. The predicted molar refractivity (Wildman–Crippen MR) is 78.5 cm³/mol. The van der Waals surface area contributed by atoms with Gasteiger partial charge in [-0.15, -0.1) is 12.4 Å². The van der Waals surface area contributed by atoms with Crippen molar-refractivity contribution in [3.63, 3.8) is 0 Å². The number of benzene rings is 1. The van der Waals surface area contributed by atoms with E-state index in [2.05, 4.69) is 5.32 Å². The highest BCUT2D eigenvalue weighted by Crippen LogP contribution is 2.40.